The number of anilines is 1. The zero-order valence-corrected chi connectivity index (χ0v) is 10.5. The van der Waals surface area contributed by atoms with Crippen LogP contribution in [-0.4, -0.2) is 18.2 Å². The first-order chi connectivity index (χ1) is 8.19. The van der Waals surface area contributed by atoms with Crippen molar-refractivity contribution in [2.75, 3.05) is 12.8 Å². The molecule has 0 bridgehead atoms. The molecule has 94 valence electrons. The molecule has 1 aromatic heterocycles. The highest BCUT2D eigenvalue weighted by Crippen LogP contribution is 2.29. The summed E-state index contributed by atoms with van der Waals surface area (Å²) >= 11 is 0. The molecule has 17 heavy (non-hydrogen) atoms. The Hall–Kier alpha value is -1.45. The molecule has 1 fully saturated rings. The summed E-state index contributed by atoms with van der Waals surface area (Å²) in [5.41, 5.74) is 6.42. The molecular weight excluding hydrogens is 216 g/mol. The number of nitrogen functional groups attached to an aromatic ring is 1. The average molecular weight is 236 g/mol. The summed E-state index contributed by atoms with van der Waals surface area (Å²) in [5.74, 6) is 1.85. The van der Waals surface area contributed by atoms with Crippen LogP contribution >= 0.6 is 0 Å². The molecule has 0 amide bonds. The van der Waals surface area contributed by atoms with Gasteiger partial charge in [-0.25, -0.2) is 0 Å². The summed E-state index contributed by atoms with van der Waals surface area (Å²) in [7, 11) is 1.59. The smallest absolute Gasteiger partial charge is 0.240 e. The van der Waals surface area contributed by atoms with Crippen LogP contribution < -0.4 is 15.2 Å². The van der Waals surface area contributed by atoms with Crippen molar-refractivity contribution in [3.8, 4) is 11.8 Å². The number of pyridine rings is 1. The summed E-state index contributed by atoms with van der Waals surface area (Å²) in [6.45, 7) is 2.29. The maximum Gasteiger partial charge on any atom is 0.240 e. The fourth-order valence-electron chi connectivity index (χ4n) is 2.15. The van der Waals surface area contributed by atoms with Crippen LogP contribution in [0, 0.1) is 5.92 Å². The molecule has 1 aliphatic rings. The lowest BCUT2D eigenvalue weighted by atomic mass is 9.89. The van der Waals surface area contributed by atoms with E-state index in [1.54, 1.807) is 19.2 Å². The number of nitrogens with two attached hydrogens (primary N) is 1. The van der Waals surface area contributed by atoms with Crippen LogP contribution in [0.4, 0.5) is 5.69 Å². The van der Waals surface area contributed by atoms with Crippen LogP contribution in [0.5, 0.6) is 11.8 Å². The first-order valence-corrected chi connectivity index (χ1v) is 6.16. The molecule has 0 unspecified atom stereocenters. The van der Waals surface area contributed by atoms with E-state index in [1.807, 2.05) is 0 Å². The number of rotatable bonds is 3. The minimum Gasteiger partial charge on any atom is -0.481 e. The monoisotopic (exact) mass is 236 g/mol. The van der Waals surface area contributed by atoms with Crippen molar-refractivity contribution in [2.24, 2.45) is 5.92 Å². The van der Waals surface area contributed by atoms with Gasteiger partial charge in [0.15, 0.2) is 0 Å². The first kappa shape index (κ1) is 12.0. The SMILES string of the molecule is COc1ccc(N)c(OC2CCC(C)CC2)n1. The normalized spacial score (nSPS) is 24.4. The van der Waals surface area contributed by atoms with Crippen molar-refractivity contribution in [3.63, 3.8) is 0 Å². The van der Waals surface area contributed by atoms with Gasteiger partial charge in [0.05, 0.1) is 12.8 Å². The molecule has 0 aliphatic heterocycles. The van der Waals surface area contributed by atoms with Crippen LogP contribution in [0.15, 0.2) is 12.1 Å². The van der Waals surface area contributed by atoms with Gasteiger partial charge in [-0.3, -0.25) is 0 Å². The molecule has 1 aromatic rings. The van der Waals surface area contributed by atoms with E-state index >= 15 is 0 Å². The summed E-state index contributed by atoms with van der Waals surface area (Å²) in [5, 5.41) is 0. The van der Waals surface area contributed by atoms with E-state index in [4.69, 9.17) is 15.2 Å². The molecule has 0 saturated heterocycles. The number of hydrogen-bond acceptors (Lipinski definition) is 4. The number of aromatic nitrogens is 1. The van der Waals surface area contributed by atoms with E-state index in [9.17, 15) is 0 Å². The second kappa shape index (κ2) is 5.25. The molecule has 0 spiro atoms. The minimum atomic E-state index is 0.244. The molecular formula is C13H20N2O2. The van der Waals surface area contributed by atoms with E-state index in [0.29, 0.717) is 17.4 Å². The van der Waals surface area contributed by atoms with Gasteiger partial charge in [0.2, 0.25) is 11.8 Å². The van der Waals surface area contributed by atoms with Crippen LogP contribution in [-0.2, 0) is 0 Å². The van der Waals surface area contributed by atoms with Crippen LogP contribution in [0.2, 0.25) is 0 Å². The van der Waals surface area contributed by atoms with E-state index in [-0.39, 0.29) is 6.10 Å². The highest BCUT2D eigenvalue weighted by molar-refractivity contribution is 5.49. The highest BCUT2D eigenvalue weighted by atomic mass is 16.5. The summed E-state index contributed by atoms with van der Waals surface area (Å²) < 4.78 is 10.9. The van der Waals surface area contributed by atoms with Gasteiger partial charge >= 0.3 is 0 Å². The van der Waals surface area contributed by atoms with E-state index < -0.39 is 0 Å². The fraction of sp³-hybridized carbons (Fsp3) is 0.615. The van der Waals surface area contributed by atoms with Crippen molar-refractivity contribution >= 4 is 5.69 Å². The number of nitrogens with zero attached hydrogens (tertiary/aromatic N) is 1. The predicted octanol–water partition coefficient (Wildman–Crippen LogP) is 2.63. The molecule has 1 heterocycles. The molecule has 1 aliphatic carbocycles. The Balaban J connectivity index is 2.02. The van der Waals surface area contributed by atoms with Crippen LogP contribution in [0.25, 0.3) is 0 Å². The molecule has 2 N–H and O–H groups in total. The molecule has 0 aromatic carbocycles. The van der Waals surface area contributed by atoms with Gasteiger partial charge in [-0.1, -0.05) is 6.92 Å². The molecule has 0 atom stereocenters. The average Bonchev–Trinajstić information content (AvgIpc) is 2.35. The maximum atomic E-state index is 5.86. The van der Waals surface area contributed by atoms with Crippen molar-refractivity contribution in [2.45, 2.75) is 38.7 Å². The standard InChI is InChI=1S/C13H20N2O2/c1-9-3-5-10(6-4-9)17-13-11(14)7-8-12(15-13)16-2/h7-10H,3-6,14H2,1-2H3. The molecule has 2 rings (SSSR count). The van der Waals surface area contributed by atoms with E-state index in [2.05, 4.69) is 11.9 Å². The largest absolute Gasteiger partial charge is 0.481 e. The molecule has 4 nitrogen and oxygen atoms in total. The lowest BCUT2D eigenvalue weighted by molar-refractivity contribution is 0.130. The van der Waals surface area contributed by atoms with Crippen molar-refractivity contribution in [1.82, 2.24) is 4.98 Å². The molecule has 0 radical (unpaired) electrons. The van der Waals surface area contributed by atoms with Gasteiger partial charge < -0.3 is 15.2 Å². The Morgan fingerprint density at radius 1 is 1.24 bits per heavy atom. The third kappa shape index (κ3) is 3.02. The second-order valence-corrected chi connectivity index (χ2v) is 4.75. The zero-order chi connectivity index (χ0) is 12.3. The van der Waals surface area contributed by atoms with Gasteiger partial charge in [0.1, 0.15) is 6.10 Å². The summed E-state index contributed by atoms with van der Waals surface area (Å²) in [6.07, 6.45) is 4.84. The quantitative estimate of drug-likeness (QED) is 0.876. The van der Waals surface area contributed by atoms with Crippen molar-refractivity contribution in [3.05, 3.63) is 12.1 Å². The van der Waals surface area contributed by atoms with Crippen LogP contribution in [0.1, 0.15) is 32.6 Å². The lowest BCUT2D eigenvalue weighted by Gasteiger charge is -2.26. The Bertz CT molecular complexity index is 374. The number of methoxy groups -OCH3 is 1. The lowest BCUT2D eigenvalue weighted by Crippen LogP contribution is -2.23. The van der Waals surface area contributed by atoms with Gasteiger partial charge in [-0.2, -0.15) is 4.98 Å². The van der Waals surface area contributed by atoms with Gasteiger partial charge in [-0.05, 0) is 37.7 Å². The third-order valence-electron chi connectivity index (χ3n) is 3.31. The minimum absolute atomic E-state index is 0.244. The first-order valence-electron chi connectivity index (χ1n) is 6.16. The highest BCUT2D eigenvalue weighted by Gasteiger charge is 2.20. The van der Waals surface area contributed by atoms with Crippen molar-refractivity contribution in [1.29, 1.82) is 0 Å². The van der Waals surface area contributed by atoms with Gasteiger partial charge in [0, 0.05) is 6.07 Å². The topological polar surface area (TPSA) is 57.4 Å². The van der Waals surface area contributed by atoms with Gasteiger partial charge in [-0.15, -0.1) is 0 Å². The van der Waals surface area contributed by atoms with Crippen LogP contribution in [0.3, 0.4) is 0 Å². The number of ether oxygens (including phenoxy) is 2. The zero-order valence-electron chi connectivity index (χ0n) is 10.5. The third-order valence-corrected chi connectivity index (χ3v) is 3.31. The summed E-state index contributed by atoms with van der Waals surface area (Å²) in [6, 6.07) is 3.51. The second-order valence-electron chi connectivity index (χ2n) is 4.75. The Morgan fingerprint density at radius 3 is 2.59 bits per heavy atom. The summed E-state index contributed by atoms with van der Waals surface area (Å²) in [4.78, 5) is 4.23. The Labute approximate surface area is 102 Å². The molecule has 4 heteroatoms. The number of hydrogen-bond donors (Lipinski definition) is 1. The Kier molecular flexibility index (Phi) is 3.71. The Morgan fingerprint density at radius 2 is 1.94 bits per heavy atom. The van der Waals surface area contributed by atoms with Gasteiger partial charge in [0.25, 0.3) is 0 Å². The predicted molar refractivity (Wildman–Crippen MR) is 67.2 cm³/mol. The van der Waals surface area contributed by atoms with E-state index in [1.165, 1.54) is 12.8 Å². The molecule has 1 saturated carbocycles. The maximum absolute atomic E-state index is 5.86. The fourth-order valence-corrected chi connectivity index (χ4v) is 2.15. The van der Waals surface area contributed by atoms with Crippen molar-refractivity contribution < 1.29 is 9.47 Å². The van der Waals surface area contributed by atoms with E-state index in [0.717, 1.165) is 18.8 Å².